The van der Waals surface area contributed by atoms with Gasteiger partial charge in [0.1, 0.15) is 5.75 Å². The van der Waals surface area contributed by atoms with Crippen molar-refractivity contribution in [1.82, 2.24) is 4.98 Å². The minimum atomic E-state index is 0.598. The highest BCUT2D eigenvalue weighted by molar-refractivity contribution is 7.13. The molecule has 2 rings (SSSR count). The maximum Gasteiger partial charge on any atom is 0.180 e. The van der Waals surface area contributed by atoms with E-state index < -0.39 is 0 Å². The van der Waals surface area contributed by atoms with Crippen LogP contribution in [0.5, 0.6) is 5.75 Å². The smallest absolute Gasteiger partial charge is 0.180 e. The van der Waals surface area contributed by atoms with E-state index in [-0.39, 0.29) is 0 Å². The molecule has 0 saturated carbocycles. The third kappa shape index (κ3) is 2.52. The zero-order valence-corrected chi connectivity index (χ0v) is 9.96. The standard InChI is InChI=1S/C12H14N2OS/c1-2-7-15-10-5-3-9(4-6-10)11-8-16-12(13)14-11/h3-6,8H,2,7H2,1H3,(H2,13,14). The summed E-state index contributed by atoms with van der Waals surface area (Å²) in [6.45, 7) is 2.84. The zero-order valence-electron chi connectivity index (χ0n) is 9.14. The summed E-state index contributed by atoms with van der Waals surface area (Å²) in [5.74, 6) is 0.897. The quantitative estimate of drug-likeness (QED) is 0.883. The van der Waals surface area contributed by atoms with Crippen molar-refractivity contribution in [3.8, 4) is 17.0 Å². The number of ether oxygens (including phenoxy) is 1. The van der Waals surface area contributed by atoms with Gasteiger partial charge in [-0.05, 0) is 30.7 Å². The molecule has 2 aromatic rings. The van der Waals surface area contributed by atoms with Gasteiger partial charge in [0.05, 0.1) is 12.3 Å². The van der Waals surface area contributed by atoms with Gasteiger partial charge in [0.25, 0.3) is 0 Å². The van der Waals surface area contributed by atoms with Gasteiger partial charge in [-0.2, -0.15) is 0 Å². The van der Waals surface area contributed by atoms with Gasteiger partial charge < -0.3 is 10.5 Å². The predicted octanol–water partition coefficient (Wildman–Crippen LogP) is 3.18. The topological polar surface area (TPSA) is 48.1 Å². The molecule has 0 radical (unpaired) electrons. The Kier molecular flexibility index (Phi) is 3.41. The molecular weight excluding hydrogens is 220 g/mol. The first kappa shape index (κ1) is 11.0. The lowest BCUT2D eigenvalue weighted by Crippen LogP contribution is -1.94. The summed E-state index contributed by atoms with van der Waals surface area (Å²) in [5, 5.41) is 2.55. The molecule has 0 amide bonds. The van der Waals surface area contributed by atoms with E-state index in [2.05, 4.69) is 11.9 Å². The highest BCUT2D eigenvalue weighted by Crippen LogP contribution is 2.24. The Morgan fingerprint density at radius 1 is 1.31 bits per heavy atom. The molecule has 0 spiro atoms. The average Bonchev–Trinajstić information content (AvgIpc) is 2.74. The van der Waals surface area contributed by atoms with Crippen molar-refractivity contribution in [3.63, 3.8) is 0 Å². The SMILES string of the molecule is CCCOc1ccc(-c2csc(N)n2)cc1. The van der Waals surface area contributed by atoms with Crippen molar-refractivity contribution in [2.24, 2.45) is 0 Å². The van der Waals surface area contributed by atoms with Crippen LogP contribution >= 0.6 is 11.3 Å². The molecule has 0 saturated heterocycles. The van der Waals surface area contributed by atoms with Crippen LogP contribution in [0.3, 0.4) is 0 Å². The summed E-state index contributed by atoms with van der Waals surface area (Å²) in [5.41, 5.74) is 7.58. The average molecular weight is 234 g/mol. The van der Waals surface area contributed by atoms with E-state index in [1.807, 2.05) is 29.6 Å². The molecule has 3 nitrogen and oxygen atoms in total. The second-order valence-electron chi connectivity index (χ2n) is 3.44. The van der Waals surface area contributed by atoms with Gasteiger partial charge in [0, 0.05) is 10.9 Å². The third-order valence-electron chi connectivity index (χ3n) is 2.14. The summed E-state index contributed by atoms with van der Waals surface area (Å²) in [6.07, 6.45) is 1.02. The van der Waals surface area contributed by atoms with Gasteiger partial charge in [-0.3, -0.25) is 0 Å². The molecule has 0 unspecified atom stereocenters. The normalized spacial score (nSPS) is 10.3. The molecule has 0 aliphatic carbocycles. The van der Waals surface area contributed by atoms with Crippen molar-refractivity contribution in [2.75, 3.05) is 12.3 Å². The van der Waals surface area contributed by atoms with Crippen molar-refractivity contribution in [3.05, 3.63) is 29.6 Å². The van der Waals surface area contributed by atoms with Crippen LogP contribution in [0.15, 0.2) is 29.6 Å². The van der Waals surface area contributed by atoms with E-state index in [4.69, 9.17) is 10.5 Å². The van der Waals surface area contributed by atoms with E-state index in [0.29, 0.717) is 5.13 Å². The van der Waals surface area contributed by atoms with Crippen LogP contribution in [0, 0.1) is 0 Å². The van der Waals surface area contributed by atoms with Gasteiger partial charge in [0.2, 0.25) is 0 Å². The van der Waals surface area contributed by atoms with Crippen LogP contribution in [0.25, 0.3) is 11.3 Å². The molecule has 1 aromatic heterocycles. The Hall–Kier alpha value is -1.55. The Morgan fingerprint density at radius 3 is 2.62 bits per heavy atom. The monoisotopic (exact) mass is 234 g/mol. The minimum absolute atomic E-state index is 0.598. The Balaban J connectivity index is 2.13. The highest BCUT2D eigenvalue weighted by atomic mass is 32.1. The molecule has 0 fully saturated rings. The number of benzene rings is 1. The molecule has 1 aromatic carbocycles. The Labute approximate surface area is 98.9 Å². The fourth-order valence-electron chi connectivity index (χ4n) is 1.36. The lowest BCUT2D eigenvalue weighted by Gasteiger charge is -2.04. The minimum Gasteiger partial charge on any atom is -0.494 e. The number of aromatic nitrogens is 1. The number of nitrogen functional groups attached to an aromatic ring is 1. The van der Waals surface area contributed by atoms with Gasteiger partial charge in [-0.15, -0.1) is 11.3 Å². The van der Waals surface area contributed by atoms with Crippen LogP contribution < -0.4 is 10.5 Å². The molecule has 0 bridgehead atoms. The van der Waals surface area contributed by atoms with Crippen LogP contribution in [-0.4, -0.2) is 11.6 Å². The first-order valence-electron chi connectivity index (χ1n) is 5.24. The number of thiazole rings is 1. The van der Waals surface area contributed by atoms with Gasteiger partial charge in [0.15, 0.2) is 5.13 Å². The molecule has 2 N–H and O–H groups in total. The summed E-state index contributed by atoms with van der Waals surface area (Å²) < 4.78 is 5.51. The third-order valence-corrected chi connectivity index (χ3v) is 2.82. The molecule has 16 heavy (non-hydrogen) atoms. The van der Waals surface area contributed by atoms with Crippen molar-refractivity contribution in [1.29, 1.82) is 0 Å². The van der Waals surface area contributed by atoms with Gasteiger partial charge in [-0.1, -0.05) is 6.92 Å². The summed E-state index contributed by atoms with van der Waals surface area (Å²) >= 11 is 1.45. The molecule has 0 aliphatic heterocycles. The fourth-order valence-corrected chi connectivity index (χ4v) is 1.93. The summed E-state index contributed by atoms with van der Waals surface area (Å²) in [6, 6.07) is 7.92. The zero-order chi connectivity index (χ0) is 11.4. The van der Waals surface area contributed by atoms with Crippen molar-refractivity contribution in [2.45, 2.75) is 13.3 Å². The lowest BCUT2D eigenvalue weighted by molar-refractivity contribution is 0.317. The van der Waals surface area contributed by atoms with Crippen molar-refractivity contribution >= 4 is 16.5 Å². The van der Waals surface area contributed by atoms with Crippen LogP contribution in [-0.2, 0) is 0 Å². The van der Waals surface area contributed by atoms with E-state index >= 15 is 0 Å². The fraction of sp³-hybridized carbons (Fsp3) is 0.250. The predicted molar refractivity (Wildman–Crippen MR) is 67.7 cm³/mol. The largest absolute Gasteiger partial charge is 0.494 e. The molecule has 4 heteroatoms. The number of hydrogen-bond donors (Lipinski definition) is 1. The number of rotatable bonds is 4. The molecule has 84 valence electrons. The van der Waals surface area contributed by atoms with Crippen LogP contribution in [0.4, 0.5) is 5.13 Å². The Morgan fingerprint density at radius 2 is 2.06 bits per heavy atom. The number of nitrogens with zero attached hydrogens (tertiary/aromatic N) is 1. The molecule has 0 atom stereocenters. The van der Waals surface area contributed by atoms with E-state index in [1.165, 1.54) is 11.3 Å². The Bertz CT molecular complexity index is 450. The second-order valence-corrected chi connectivity index (χ2v) is 4.33. The van der Waals surface area contributed by atoms with E-state index in [1.54, 1.807) is 0 Å². The van der Waals surface area contributed by atoms with E-state index in [9.17, 15) is 0 Å². The molecule has 0 aliphatic rings. The lowest BCUT2D eigenvalue weighted by atomic mass is 10.2. The summed E-state index contributed by atoms with van der Waals surface area (Å²) in [7, 11) is 0. The first-order chi connectivity index (χ1) is 7.79. The van der Waals surface area contributed by atoms with E-state index in [0.717, 1.165) is 30.0 Å². The number of anilines is 1. The second kappa shape index (κ2) is 4.99. The van der Waals surface area contributed by atoms with Crippen molar-refractivity contribution < 1.29 is 4.74 Å². The molecular formula is C12H14N2OS. The maximum atomic E-state index is 5.59. The van der Waals surface area contributed by atoms with Crippen LogP contribution in [0.2, 0.25) is 0 Å². The van der Waals surface area contributed by atoms with Gasteiger partial charge in [-0.25, -0.2) is 4.98 Å². The van der Waals surface area contributed by atoms with Crippen LogP contribution in [0.1, 0.15) is 13.3 Å². The molecule has 1 heterocycles. The van der Waals surface area contributed by atoms with Gasteiger partial charge >= 0.3 is 0 Å². The maximum absolute atomic E-state index is 5.59. The number of nitrogens with two attached hydrogens (primary N) is 1. The first-order valence-corrected chi connectivity index (χ1v) is 6.12. The highest BCUT2D eigenvalue weighted by Gasteiger charge is 2.02. The summed E-state index contributed by atoms with van der Waals surface area (Å²) in [4.78, 5) is 4.23. The number of hydrogen-bond acceptors (Lipinski definition) is 4.